The van der Waals surface area contributed by atoms with Crippen LogP contribution in [0.1, 0.15) is 5.56 Å². The van der Waals surface area contributed by atoms with Gasteiger partial charge < -0.3 is 4.98 Å². The maximum absolute atomic E-state index is 14.0. The topological polar surface area (TPSA) is 69.5 Å². The van der Waals surface area contributed by atoms with Crippen molar-refractivity contribution in [3.05, 3.63) is 63.9 Å². The van der Waals surface area contributed by atoms with Gasteiger partial charge in [0.1, 0.15) is 23.5 Å². The fraction of sp³-hybridized carbons (Fsp3) is 0. The highest BCUT2D eigenvalue weighted by molar-refractivity contribution is 5.79. The summed E-state index contributed by atoms with van der Waals surface area (Å²) >= 11 is 0. The van der Waals surface area contributed by atoms with Gasteiger partial charge in [-0.3, -0.25) is 4.79 Å². The molecule has 4 nitrogen and oxygen atoms in total. The predicted octanol–water partition coefficient (Wildman–Crippen LogP) is 2.74. The second-order valence-corrected chi connectivity index (χ2v) is 4.36. The number of nitrogens with one attached hydrogen (secondary N) is 1. The minimum Gasteiger partial charge on any atom is -0.306 e. The van der Waals surface area contributed by atoms with Crippen molar-refractivity contribution in [2.75, 3.05) is 0 Å². The molecule has 0 atom stereocenters. The number of aromatic amines is 1. The van der Waals surface area contributed by atoms with Crippen LogP contribution < -0.4 is 5.56 Å². The molecule has 1 N–H and O–H groups in total. The van der Waals surface area contributed by atoms with Crippen molar-refractivity contribution in [2.24, 2.45) is 0 Å². The Morgan fingerprint density at radius 2 is 1.90 bits per heavy atom. The number of benzene rings is 2. The van der Waals surface area contributed by atoms with Gasteiger partial charge in [0.25, 0.3) is 5.56 Å². The summed E-state index contributed by atoms with van der Waals surface area (Å²) in [5.74, 6) is -1.78. The Labute approximate surface area is 117 Å². The summed E-state index contributed by atoms with van der Waals surface area (Å²) in [5, 5.41) is 9.02. The molecule has 3 rings (SSSR count). The van der Waals surface area contributed by atoms with Crippen molar-refractivity contribution in [3.8, 4) is 17.5 Å². The van der Waals surface area contributed by atoms with Crippen LogP contribution in [0.15, 0.2) is 41.2 Å². The molecule has 0 bridgehead atoms. The number of H-pyrrole nitrogens is 1. The molecule has 0 aliphatic heterocycles. The third-order valence-electron chi connectivity index (χ3n) is 3.05. The maximum atomic E-state index is 14.0. The highest BCUT2D eigenvalue weighted by Gasteiger charge is 2.14. The van der Waals surface area contributed by atoms with Gasteiger partial charge >= 0.3 is 0 Å². The van der Waals surface area contributed by atoms with Crippen molar-refractivity contribution in [2.45, 2.75) is 0 Å². The van der Waals surface area contributed by atoms with Gasteiger partial charge in [0.05, 0.1) is 22.0 Å². The summed E-state index contributed by atoms with van der Waals surface area (Å²) in [6.45, 7) is 0. The Balaban J connectivity index is 2.29. The van der Waals surface area contributed by atoms with Gasteiger partial charge in [-0.1, -0.05) is 12.1 Å². The molecule has 0 saturated carbocycles. The number of rotatable bonds is 1. The third-order valence-corrected chi connectivity index (χ3v) is 3.05. The van der Waals surface area contributed by atoms with Gasteiger partial charge in [0.15, 0.2) is 0 Å². The molecule has 6 heteroatoms. The fourth-order valence-corrected chi connectivity index (χ4v) is 2.03. The molecule has 2 aromatic carbocycles. The third kappa shape index (κ3) is 2.15. The lowest BCUT2D eigenvalue weighted by molar-refractivity contribution is 0.599. The summed E-state index contributed by atoms with van der Waals surface area (Å²) in [7, 11) is 0. The van der Waals surface area contributed by atoms with E-state index in [1.54, 1.807) is 30.3 Å². The molecule has 102 valence electrons. The average Bonchev–Trinajstić information content (AvgIpc) is 2.49. The Morgan fingerprint density at radius 3 is 2.67 bits per heavy atom. The van der Waals surface area contributed by atoms with Gasteiger partial charge in [-0.2, -0.15) is 5.26 Å². The number of fused-ring (bicyclic) bond motifs is 1. The highest BCUT2D eigenvalue weighted by atomic mass is 19.1. The molecule has 3 aromatic rings. The van der Waals surface area contributed by atoms with Crippen LogP contribution in [-0.2, 0) is 0 Å². The van der Waals surface area contributed by atoms with E-state index in [2.05, 4.69) is 9.97 Å². The Morgan fingerprint density at radius 1 is 1.14 bits per heavy atom. The number of halogens is 2. The van der Waals surface area contributed by atoms with E-state index < -0.39 is 22.8 Å². The lowest BCUT2D eigenvalue weighted by Gasteiger charge is -2.05. The van der Waals surface area contributed by atoms with E-state index in [9.17, 15) is 13.6 Å². The molecule has 0 spiro atoms. The zero-order chi connectivity index (χ0) is 15.0. The number of nitrogens with zero attached hydrogens (tertiary/aromatic N) is 2. The molecule has 1 aromatic heterocycles. The van der Waals surface area contributed by atoms with Gasteiger partial charge in [-0.25, -0.2) is 13.8 Å². The Hall–Kier alpha value is -3.07. The normalized spacial score (nSPS) is 10.5. The number of aromatic nitrogens is 2. The lowest BCUT2D eigenvalue weighted by Crippen LogP contribution is -2.10. The van der Waals surface area contributed by atoms with E-state index in [-0.39, 0.29) is 11.4 Å². The Bertz CT molecular complexity index is 957. The molecule has 0 radical (unpaired) electrons. The van der Waals surface area contributed by atoms with Gasteiger partial charge in [0.2, 0.25) is 0 Å². The summed E-state index contributed by atoms with van der Waals surface area (Å²) in [5.41, 5.74) is -0.672. The van der Waals surface area contributed by atoms with Crippen LogP contribution >= 0.6 is 0 Å². The summed E-state index contributed by atoms with van der Waals surface area (Å²) < 4.78 is 27.6. The Kier molecular flexibility index (Phi) is 2.95. The van der Waals surface area contributed by atoms with Gasteiger partial charge in [0, 0.05) is 0 Å². The number of nitriles is 1. The second kappa shape index (κ2) is 4.80. The lowest BCUT2D eigenvalue weighted by atomic mass is 10.1. The van der Waals surface area contributed by atoms with Crippen molar-refractivity contribution in [3.63, 3.8) is 0 Å². The fourth-order valence-electron chi connectivity index (χ4n) is 2.03. The van der Waals surface area contributed by atoms with Crippen LogP contribution in [0.5, 0.6) is 0 Å². The van der Waals surface area contributed by atoms with E-state index in [1.165, 1.54) is 0 Å². The van der Waals surface area contributed by atoms with E-state index in [0.717, 1.165) is 12.1 Å². The van der Waals surface area contributed by atoms with Crippen molar-refractivity contribution in [1.82, 2.24) is 9.97 Å². The molecule has 0 saturated heterocycles. The molecule has 0 fully saturated rings. The largest absolute Gasteiger partial charge is 0.306 e. The summed E-state index contributed by atoms with van der Waals surface area (Å²) in [6, 6.07) is 9.73. The quantitative estimate of drug-likeness (QED) is 0.746. The zero-order valence-corrected chi connectivity index (χ0v) is 10.5. The predicted molar refractivity (Wildman–Crippen MR) is 72.4 cm³/mol. The van der Waals surface area contributed by atoms with Gasteiger partial charge in [-0.15, -0.1) is 0 Å². The van der Waals surface area contributed by atoms with Gasteiger partial charge in [-0.05, 0) is 24.3 Å². The van der Waals surface area contributed by atoms with Crippen LogP contribution in [-0.4, -0.2) is 9.97 Å². The van der Waals surface area contributed by atoms with Crippen LogP contribution in [0, 0.1) is 23.0 Å². The number of hydrogen-bond donors (Lipinski definition) is 1. The molecule has 0 aliphatic rings. The minimum atomic E-state index is -0.871. The van der Waals surface area contributed by atoms with Crippen LogP contribution in [0.3, 0.4) is 0 Å². The first-order valence-electron chi connectivity index (χ1n) is 5.98. The highest BCUT2D eigenvalue weighted by Crippen LogP contribution is 2.23. The van der Waals surface area contributed by atoms with Crippen molar-refractivity contribution in [1.29, 1.82) is 5.26 Å². The smallest absolute Gasteiger partial charge is 0.259 e. The number of hydrogen-bond acceptors (Lipinski definition) is 3. The second-order valence-electron chi connectivity index (χ2n) is 4.36. The van der Waals surface area contributed by atoms with E-state index in [4.69, 9.17) is 5.26 Å². The molecular formula is C15H7F2N3O. The van der Waals surface area contributed by atoms with Crippen LogP contribution in [0.25, 0.3) is 22.3 Å². The van der Waals surface area contributed by atoms with E-state index in [0.29, 0.717) is 10.9 Å². The zero-order valence-electron chi connectivity index (χ0n) is 10.5. The van der Waals surface area contributed by atoms with Crippen molar-refractivity contribution >= 4 is 10.9 Å². The van der Waals surface area contributed by atoms with E-state index >= 15 is 0 Å². The first kappa shape index (κ1) is 12.9. The van der Waals surface area contributed by atoms with Crippen molar-refractivity contribution < 1.29 is 8.78 Å². The first-order chi connectivity index (χ1) is 10.1. The molecule has 0 aliphatic carbocycles. The molecule has 1 heterocycles. The molecule has 0 amide bonds. The monoisotopic (exact) mass is 283 g/mol. The minimum absolute atomic E-state index is 0.0837. The number of para-hydroxylation sites is 1. The van der Waals surface area contributed by atoms with E-state index in [1.807, 2.05) is 0 Å². The maximum Gasteiger partial charge on any atom is 0.259 e. The first-order valence-corrected chi connectivity index (χ1v) is 5.98. The molecular weight excluding hydrogens is 276 g/mol. The van der Waals surface area contributed by atoms with Crippen LogP contribution in [0.2, 0.25) is 0 Å². The molecule has 21 heavy (non-hydrogen) atoms. The summed E-state index contributed by atoms with van der Waals surface area (Å²) in [6.07, 6.45) is 0. The SMILES string of the molecule is N#Cc1cc(F)c(-c2nc3ccccc3c(=O)[nH]2)cc1F. The summed E-state index contributed by atoms with van der Waals surface area (Å²) in [4.78, 5) is 18.5. The standard InChI is InChI=1S/C15H7F2N3O/c16-11-6-10(12(17)5-8(11)7-18)14-19-13-4-2-1-3-9(13)15(21)20-14/h1-6H,(H,19,20,21). The van der Waals surface area contributed by atoms with Crippen LogP contribution in [0.4, 0.5) is 8.78 Å². The average molecular weight is 283 g/mol. The molecule has 0 unspecified atom stereocenters.